The third-order valence-electron chi connectivity index (χ3n) is 4.21. The van der Waals surface area contributed by atoms with Crippen molar-refractivity contribution < 1.29 is 0 Å². The first-order valence-electron chi connectivity index (χ1n) is 7.08. The number of likely N-dealkylation sites (N-methyl/N-ethyl adjacent to an activating group) is 1. The van der Waals surface area contributed by atoms with Crippen molar-refractivity contribution in [2.45, 2.75) is 45.7 Å². The summed E-state index contributed by atoms with van der Waals surface area (Å²) in [7, 11) is 2.24. The number of rotatable bonds is 4. The molecule has 0 spiro atoms. The molecular weight excluding hydrogens is 220 g/mol. The Balaban J connectivity index is 2.02. The molecule has 0 radical (unpaired) electrons. The monoisotopic (exact) mass is 246 g/mol. The van der Waals surface area contributed by atoms with Gasteiger partial charge in [-0.25, -0.2) is 0 Å². The molecule has 0 bridgehead atoms. The molecule has 2 unspecified atom stereocenters. The standard InChI is InChI=1S/C16H26N2/c1-12-7-8-16(13(2)10-12)14(3)18(4)11-15-6-5-9-17-15/h7-8,10,14-15,17H,5-6,9,11H2,1-4H3. The van der Waals surface area contributed by atoms with E-state index in [0.29, 0.717) is 12.1 Å². The third-order valence-corrected chi connectivity index (χ3v) is 4.21. The topological polar surface area (TPSA) is 15.3 Å². The average molecular weight is 246 g/mol. The number of aryl methyl sites for hydroxylation is 2. The fourth-order valence-corrected chi connectivity index (χ4v) is 2.95. The van der Waals surface area contributed by atoms with Gasteiger partial charge in [0.05, 0.1) is 0 Å². The lowest BCUT2D eigenvalue weighted by Crippen LogP contribution is -2.36. The van der Waals surface area contributed by atoms with Crippen molar-refractivity contribution >= 4 is 0 Å². The highest BCUT2D eigenvalue weighted by Gasteiger charge is 2.20. The van der Waals surface area contributed by atoms with Gasteiger partial charge in [-0.2, -0.15) is 0 Å². The fourth-order valence-electron chi connectivity index (χ4n) is 2.95. The molecule has 1 aromatic rings. The molecule has 1 saturated heterocycles. The quantitative estimate of drug-likeness (QED) is 0.878. The van der Waals surface area contributed by atoms with E-state index < -0.39 is 0 Å². The van der Waals surface area contributed by atoms with Crippen LogP contribution in [0.3, 0.4) is 0 Å². The highest BCUT2D eigenvalue weighted by Crippen LogP contribution is 2.24. The molecule has 1 aliphatic heterocycles. The van der Waals surface area contributed by atoms with Crippen LogP contribution in [-0.4, -0.2) is 31.1 Å². The van der Waals surface area contributed by atoms with Crippen molar-refractivity contribution in [3.63, 3.8) is 0 Å². The Labute approximate surface area is 111 Å². The van der Waals surface area contributed by atoms with Crippen LogP contribution in [0.1, 0.15) is 42.5 Å². The lowest BCUT2D eigenvalue weighted by molar-refractivity contribution is 0.237. The maximum atomic E-state index is 3.58. The highest BCUT2D eigenvalue weighted by molar-refractivity contribution is 5.32. The first-order chi connectivity index (χ1) is 8.58. The summed E-state index contributed by atoms with van der Waals surface area (Å²) in [5.41, 5.74) is 4.22. The fraction of sp³-hybridized carbons (Fsp3) is 0.625. The summed E-state index contributed by atoms with van der Waals surface area (Å²) < 4.78 is 0. The molecule has 18 heavy (non-hydrogen) atoms. The number of benzene rings is 1. The van der Waals surface area contributed by atoms with Gasteiger partial charge in [0.2, 0.25) is 0 Å². The van der Waals surface area contributed by atoms with Crippen molar-refractivity contribution in [3.8, 4) is 0 Å². The minimum absolute atomic E-state index is 0.494. The van der Waals surface area contributed by atoms with E-state index in [2.05, 4.69) is 56.2 Å². The largest absolute Gasteiger partial charge is 0.313 e. The Bertz CT molecular complexity index is 394. The molecule has 2 heteroatoms. The van der Waals surface area contributed by atoms with Crippen LogP contribution in [0, 0.1) is 13.8 Å². The molecule has 2 nitrogen and oxygen atoms in total. The Morgan fingerprint density at radius 2 is 2.17 bits per heavy atom. The zero-order valence-corrected chi connectivity index (χ0v) is 12.2. The van der Waals surface area contributed by atoms with Crippen LogP contribution >= 0.6 is 0 Å². The lowest BCUT2D eigenvalue weighted by Gasteiger charge is -2.29. The summed E-state index contributed by atoms with van der Waals surface area (Å²) in [6, 6.07) is 7.97. The van der Waals surface area contributed by atoms with Gasteiger partial charge in [0.15, 0.2) is 0 Å². The minimum Gasteiger partial charge on any atom is -0.313 e. The summed E-state index contributed by atoms with van der Waals surface area (Å²) in [5, 5.41) is 3.58. The van der Waals surface area contributed by atoms with Gasteiger partial charge in [0.1, 0.15) is 0 Å². The molecule has 0 aromatic heterocycles. The smallest absolute Gasteiger partial charge is 0.0320 e. The second-order valence-corrected chi connectivity index (χ2v) is 5.77. The molecular formula is C16H26N2. The molecule has 2 atom stereocenters. The van der Waals surface area contributed by atoms with E-state index in [-0.39, 0.29) is 0 Å². The first kappa shape index (κ1) is 13.6. The van der Waals surface area contributed by atoms with E-state index in [4.69, 9.17) is 0 Å². The van der Waals surface area contributed by atoms with E-state index >= 15 is 0 Å². The zero-order valence-electron chi connectivity index (χ0n) is 12.2. The van der Waals surface area contributed by atoms with E-state index in [9.17, 15) is 0 Å². The molecule has 1 aromatic carbocycles. The van der Waals surface area contributed by atoms with Crippen LogP contribution in [-0.2, 0) is 0 Å². The van der Waals surface area contributed by atoms with Gasteiger partial charge in [-0.15, -0.1) is 0 Å². The van der Waals surface area contributed by atoms with E-state index in [0.717, 1.165) is 6.54 Å². The number of hydrogen-bond acceptors (Lipinski definition) is 2. The van der Waals surface area contributed by atoms with Crippen molar-refractivity contribution in [1.29, 1.82) is 0 Å². The maximum absolute atomic E-state index is 3.58. The van der Waals surface area contributed by atoms with Crippen LogP contribution in [0.25, 0.3) is 0 Å². The molecule has 1 N–H and O–H groups in total. The van der Waals surface area contributed by atoms with E-state index in [1.807, 2.05) is 0 Å². The SMILES string of the molecule is Cc1ccc(C(C)N(C)CC2CCCN2)c(C)c1. The Kier molecular flexibility index (Phi) is 4.41. The molecule has 100 valence electrons. The van der Waals surface area contributed by atoms with Gasteiger partial charge >= 0.3 is 0 Å². The maximum Gasteiger partial charge on any atom is 0.0320 e. The van der Waals surface area contributed by atoms with Crippen molar-refractivity contribution in [2.75, 3.05) is 20.1 Å². The van der Waals surface area contributed by atoms with E-state index in [1.165, 1.54) is 36.1 Å². The second kappa shape index (κ2) is 5.85. The highest BCUT2D eigenvalue weighted by atomic mass is 15.2. The lowest BCUT2D eigenvalue weighted by atomic mass is 9.99. The van der Waals surface area contributed by atoms with Gasteiger partial charge < -0.3 is 5.32 Å². The average Bonchev–Trinajstić information content (AvgIpc) is 2.81. The van der Waals surface area contributed by atoms with Gasteiger partial charge in [-0.1, -0.05) is 23.8 Å². The van der Waals surface area contributed by atoms with Gasteiger partial charge in [-0.05, 0) is 58.3 Å². The van der Waals surface area contributed by atoms with Crippen molar-refractivity contribution in [3.05, 3.63) is 34.9 Å². The molecule has 0 amide bonds. The number of nitrogens with zero attached hydrogens (tertiary/aromatic N) is 1. The summed E-state index contributed by atoms with van der Waals surface area (Å²) in [4.78, 5) is 2.47. The van der Waals surface area contributed by atoms with Crippen LogP contribution in [0.4, 0.5) is 0 Å². The summed E-state index contributed by atoms with van der Waals surface area (Å²) in [5.74, 6) is 0. The number of hydrogen-bond donors (Lipinski definition) is 1. The third kappa shape index (κ3) is 3.12. The van der Waals surface area contributed by atoms with Gasteiger partial charge in [-0.3, -0.25) is 4.90 Å². The normalized spacial score (nSPS) is 21.5. The second-order valence-electron chi connectivity index (χ2n) is 5.77. The van der Waals surface area contributed by atoms with Crippen molar-refractivity contribution in [1.82, 2.24) is 10.2 Å². The van der Waals surface area contributed by atoms with Crippen LogP contribution in [0.2, 0.25) is 0 Å². The molecule has 0 saturated carbocycles. The van der Waals surface area contributed by atoms with Crippen molar-refractivity contribution in [2.24, 2.45) is 0 Å². The predicted octanol–water partition coefficient (Wildman–Crippen LogP) is 3.05. The first-order valence-corrected chi connectivity index (χ1v) is 7.08. The number of nitrogens with one attached hydrogen (secondary N) is 1. The predicted molar refractivity (Wildman–Crippen MR) is 78.0 cm³/mol. The summed E-state index contributed by atoms with van der Waals surface area (Å²) >= 11 is 0. The molecule has 2 rings (SSSR count). The molecule has 0 aliphatic carbocycles. The van der Waals surface area contributed by atoms with Crippen LogP contribution < -0.4 is 5.32 Å². The molecule has 1 heterocycles. The minimum atomic E-state index is 0.494. The molecule has 1 aliphatic rings. The summed E-state index contributed by atoms with van der Waals surface area (Å²) in [6.07, 6.45) is 2.65. The summed E-state index contributed by atoms with van der Waals surface area (Å²) in [6.45, 7) is 9.03. The zero-order chi connectivity index (χ0) is 13.1. The Morgan fingerprint density at radius 3 is 2.78 bits per heavy atom. The van der Waals surface area contributed by atoms with Gasteiger partial charge in [0.25, 0.3) is 0 Å². The van der Waals surface area contributed by atoms with Crippen LogP contribution in [0.15, 0.2) is 18.2 Å². The van der Waals surface area contributed by atoms with E-state index in [1.54, 1.807) is 0 Å². The van der Waals surface area contributed by atoms with Crippen LogP contribution in [0.5, 0.6) is 0 Å². The Hall–Kier alpha value is -0.860. The Morgan fingerprint density at radius 1 is 1.39 bits per heavy atom. The van der Waals surface area contributed by atoms with Gasteiger partial charge in [0, 0.05) is 18.6 Å². The molecule has 1 fully saturated rings.